The molecule has 0 N–H and O–H groups in total. The van der Waals surface area contributed by atoms with E-state index in [9.17, 15) is 17.6 Å². The molecular formula is C13H7F4I. The molecule has 0 atom stereocenters. The molecule has 0 aliphatic rings. The van der Waals surface area contributed by atoms with E-state index in [-0.39, 0.29) is 0 Å². The maximum absolute atomic E-state index is 13.6. The van der Waals surface area contributed by atoms with Crippen molar-refractivity contribution in [2.24, 2.45) is 0 Å². The molecule has 0 amide bonds. The van der Waals surface area contributed by atoms with Crippen molar-refractivity contribution in [3.05, 3.63) is 57.4 Å². The average molecular weight is 366 g/mol. The van der Waals surface area contributed by atoms with Crippen LogP contribution in [0.4, 0.5) is 17.6 Å². The first-order valence-electron chi connectivity index (χ1n) is 5.00. The number of hydrogen-bond acceptors (Lipinski definition) is 0. The van der Waals surface area contributed by atoms with Gasteiger partial charge in [-0.1, -0.05) is 18.2 Å². The summed E-state index contributed by atoms with van der Waals surface area (Å²) in [5, 5.41) is 0. The van der Waals surface area contributed by atoms with Crippen LogP contribution in [0.5, 0.6) is 0 Å². The summed E-state index contributed by atoms with van der Waals surface area (Å²) in [5.74, 6) is -0.443. The summed E-state index contributed by atoms with van der Waals surface area (Å²) < 4.78 is 51.5. The number of halogens is 5. The molecule has 0 heterocycles. The van der Waals surface area contributed by atoms with Gasteiger partial charge in [0.25, 0.3) is 0 Å². The van der Waals surface area contributed by atoms with Gasteiger partial charge in [0, 0.05) is 9.13 Å². The van der Waals surface area contributed by atoms with Crippen LogP contribution < -0.4 is 0 Å². The van der Waals surface area contributed by atoms with Crippen LogP contribution in [0.25, 0.3) is 11.1 Å². The van der Waals surface area contributed by atoms with E-state index in [1.54, 1.807) is 12.1 Å². The summed E-state index contributed by atoms with van der Waals surface area (Å²) in [6.07, 6.45) is -4.37. The Morgan fingerprint density at radius 2 is 1.50 bits per heavy atom. The SMILES string of the molecule is Fc1cc(I)ccc1-c1ccc(C(F)(F)F)cc1. The van der Waals surface area contributed by atoms with E-state index in [1.807, 2.05) is 22.6 Å². The van der Waals surface area contributed by atoms with E-state index in [4.69, 9.17) is 0 Å². The minimum absolute atomic E-state index is 0.296. The Labute approximate surface area is 115 Å². The zero-order chi connectivity index (χ0) is 13.3. The van der Waals surface area contributed by atoms with Gasteiger partial charge in [0.15, 0.2) is 0 Å². The second-order valence-electron chi connectivity index (χ2n) is 3.70. The van der Waals surface area contributed by atoms with E-state index in [0.29, 0.717) is 11.1 Å². The molecule has 2 aromatic rings. The molecule has 0 fully saturated rings. The van der Waals surface area contributed by atoms with Gasteiger partial charge in [-0.3, -0.25) is 0 Å². The zero-order valence-electron chi connectivity index (χ0n) is 8.93. The molecule has 0 aromatic heterocycles. The van der Waals surface area contributed by atoms with E-state index < -0.39 is 17.6 Å². The molecule has 94 valence electrons. The van der Waals surface area contributed by atoms with Crippen LogP contribution in [0.15, 0.2) is 42.5 Å². The molecule has 0 aliphatic carbocycles. The molecule has 18 heavy (non-hydrogen) atoms. The standard InChI is InChI=1S/C13H7F4I/c14-12-7-10(18)5-6-11(12)8-1-3-9(4-2-8)13(15,16)17/h1-7H. The lowest BCUT2D eigenvalue weighted by atomic mass is 10.0. The minimum Gasteiger partial charge on any atom is -0.206 e. The Morgan fingerprint density at radius 3 is 2.00 bits per heavy atom. The summed E-state index contributed by atoms with van der Waals surface area (Å²) in [7, 11) is 0. The maximum atomic E-state index is 13.6. The predicted octanol–water partition coefficient (Wildman–Crippen LogP) is 5.12. The largest absolute Gasteiger partial charge is 0.416 e. The van der Waals surface area contributed by atoms with E-state index >= 15 is 0 Å². The van der Waals surface area contributed by atoms with Crippen molar-refractivity contribution in [2.45, 2.75) is 6.18 Å². The van der Waals surface area contributed by atoms with Gasteiger partial charge in [0.2, 0.25) is 0 Å². The smallest absolute Gasteiger partial charge is 0.206 e. The molecule has 2 rings (SSSR count). The number of rotatable bonds is 1. The number of alkyl halides is 3. The Bertz CT molecular complexity index is 558. The predicted molar refractivity (Wildman–Crippen MR) is 69.6 cm³/mol. The van der Waals surface area contributed by atoms with Crippen LogP contribution in [0, 0.1) is 9.39 Å². The van der Waals surface area contributed by atoms with Gasteiger partial charge < -0.3 is 0 Å². The van der Waals surface area contributed by atoms with E-state index in [2.05, 4.69) is 0 Å². The van der Waals surface area contributed by atoms with Gasteiger partial charge >= 0.3 is 6.18 Å². The normalized spacial score (nSPS) is 11.6. The van der Waals surface area contributed by atoms with Crippen LogP contribution in [-0.4, -0.2) is 0 Å². The second-order valence-corrected chi connectivity index (χ2v) is 4.94. The lowest BCUT2D eigenvalue weighted by molar-refractivity contribution is -0.137. The molecular weight excluding hydrogens is 359 g/mol. The maximum Gasteiger partial charge on any atom is 0.416 e. The summed E-state index contributed by atoms with van der Waals surface area (Å²) in [5.41, 5.74) is -0.0155. The number of hydrogen-bond donors (Lipinski definition) is 0. The quantitative estimate of drug-likeness (QED) is 0.486. The fourth-order valence-corrected chi connectivity index (χ4v) is 2.02. The highest BCUT2D eigenvalue weighted by Gasteiger charge is 2.30. The summed E-state index contributed by atoms with van der Waals surface area (Å²) in [4.78, 5) is 0. The van der Waals surface area contributed by atoms with Gasteiger partial charge in [0.1, 0.15) is 5.82 Å². The molecule has 0 radical (unpaired) electrons. The summed E-state index contributed by atoms with van der Waals surface area (Å²) in [6.45, 7) is 0. The monoisotopic (exact) mass is 366 g/mol. The molecule has 0 nitrogen and oxygen atoms in total. The van der Waals surface area contributed by atoms with Gasteiger partial charge in [-0.25, -0.2) is 4.39 Å². The Balaban J connectivity index is 2.41. The third kappa shape index (κ3) is 2.82. The lowest BCUT2D eigenvalue weighted by Gasteiger charge is -2.08. The lowest BCUT2D eigenvalue weighted by Crippen LogP contribution is -2.04. The molecule has 2 aromatic carbocycles. The van der Waals surface area contributed by atoms with Crippen LogP contribution in [0.1, 0.15) is 5.56 Å². The third-order valence-corrected chi connectivity index (χ3v) is 3.13. The van der Waals surface area contributed by atoms with E-state index in [1.165, 1.54) is 18.2 Å². The first kappa shape index (κ1) is 13.3. The van der Waals surface area contributed by atoms with Gasteiger partial charge in [-0.15, -0.1) is 0 Å². The highest BCUT2D eigenvalue weighted by Crippen LogP contribution is 2.31. The number of benzene rings is 2. The molecule has 0 spiro atoms. The van der Waals surface area contributed by atoms with Crippen molar-refractivity contribution >= 4 is 22.6 Å². The Kier molecular flexibility index (Phi) is 3.61. The molecule has 0 bridgehead atoms. The van der Waals surface area contributed by atoms with E-state index in [0.717, 1.165) is 15.7 Å². The topological polar surface area (TPSA) is 0 Å². The Hall–Kier alpha value is -1.11. The minimum atomic E-state index is -4.37. The highest BCUT2D eigenvalue weighted by atomic mass is 127. The zero-order valence-corrected chi connectivity index (χ0v) is 11.1. The van der Waals surface area contributed by atoms with Crippen molar-refractivity contribution in [3.63, 3.8) is 0 Å². The van der Waals surface area contributed by atoms with Crippen LogP contribution >= 0.6 is 22.6 Å². The van der Waals surface area contributed by atoms with Crippen molar-refractivity contribution in [1.29, 1.82) is 0 Å². The third-order valence-electron chi connectivity index (χ3n) is 2.45. The van der Waals surface area contributed by atoms with Crippen LogP contribution in [-0.2, 0) is 6.18 Å². The first-order chi connectivity index (χ1) is 8.38. The fourth-order valence-electron chi connectivity index (χ4n) is 1.56. The molecule has 0 unspecified atom stereocenters. The van der Waals surface area contributed by atoms with Gasteiger partial charge in [-0.05, 0) is 52.4 Å². The van der Waals surface area contributed by atoms with Crippen molar-refractivity contribution < 1.29 is 17.6 Å². The second kappa shape index (κ2) is 4.87. The van der Waals surface area contributed by atoms with Crippen molar-refractivity contribution in [2.75, 3.05) is 0 Å². The van der Waals surface area contributed by atoms with Gasteiger partial charge in [0.05, 0.1) is 5.56 Å². The molecule has 0 saturated carbocycles. The van der Waals surface area contributed by atoms with Crippen LogP contribution in [0.3, 0.4) is 0 Å². The summed E-state index contributed by atoms with van der Waals surface area (Å²) >= 11 is 1.97. The Morgan fingerprint density at radius 1 is 0.889 bits per heavy atom. The average Bonchev–Trinajstić information content (AvgIpc) is 2.28. The molecule has 0 aliphatic heterocycles. The van der Waals surface area contributed by atoms with Crippen molar-refractivity contribution in [3.8, 4) is 11.1 Å². The first-order valence-corrected chi connectivity index (χ1v) is 6.08. The fraction of sp³-hybridized carbons (Fsp3) is 0.0769. The van der Waals surface area contributed by atoms with Crippen molar-refractivity contribution in [1.82, 2.24) is 0 Å². The van der Waals surface area contributed by atoms with Gasteiger partial charge in [-0.2, -0.15) is 13.2 Å². The molecule has 0 saturated heterocycles. The highest BCUT2D eigenvalue weighted by molar-refractivity contribution is 14.1. The molecule has 5 heteroatoms. The van der Waals surface area contributed by atoms with Crippen LogP contribution in [0.2, 0.25) is 0 Å². The summed E-state index contributed by atoms with van der Waals surface area (Å²) in [6, 6.07) is 9.05.